The average Bonchev–Trinajstić information content (AvgIpc) is 2.62. The minimum atomic E-state index is -0.361. The smallest absolute Gasteiger partial charge is 0.00146 e. The van der Waals surface area contributed by atoms with Crippen LogP contribution in [-0.4, -0.2) is 23.5 Å². The van der Waals surface area contributed by atoms with Gasteiger partial charge in [-0.2, -0.15) is 0 Å². The number of fused-ring (bicyclic) bond motifs is 9. The Morgan fingerprint density at radius 1 is 0.516 bits per heavy atom. The first-order chi connectivity index (χ1) is 15.0. The highest BCUT2D eigenvalue weighted by atomic mass is 32.3. The molecule has 0 amide bonds. The second-order valence-electron chi connectivity index (χ2n) is 18.4. The van der Waals surface area contributed by atoms with Gasteiger partial charge in [-0.1, -0.05) is 6.92 Å². The molecule has 17 aliphatic rings. The molecule has 1 heterocycles. The van der Waals surface area contributed by atoms with E-state index in [2.05, 4.69) is 19.4 Å². The number of hydrogen-bond acceptors (Lipinski definition) is 0. The van der Waals surface area contributed by atoms with Crippen LogP contribution in [0.25, 0.3) is 0 Å². The van der Waals surface area contributed by atoms with Crippen LogP contribution in [0.4, 0.5) is 0 Å². The van der Waals surface area contributed by atoms with Crippen molar-refractivity contribution in [1.29, 1.82) is 0 Å². The van der Waals surface area contributed by atoms with Gasteiger partial charge < -0.3 is 0 Å². The molecule has 1 heteroatoms. The van der Waals surface area contributed by atoms with E-state index in [-0.39, 0.29) is 10.0 Å². The van der Waals surface area contributed by atoms with Gasteiger partial charge in [-0.15, -0.1) is 0 Å². The van der Waals surface area contributed by atoms with Crippen molar-refractivity contribution in [3.05, 3.63) is 0 Å². The lowest BCUT2D eigenvalue weighted by Gasteiger charge is -3.46. The summed E-state index contributed by atoms with van der Waals surface area (Å²) in [6, 6.07) is 0. The third-order valence-corrected chi connectivity index (χ3v) is 25.7. The van der Waals surface area contributed by atoms with Crippen molar-refractivity contribution in [3.8, 4) is 0 Å². The molecule has 0 aromatic heterocycles. The molecular formula is C30H30S. The lowest BCUT2D eigenvalue weighted by molar-refractivity contribution is -0.995. The summed E-state index contributed by atoms with van der Waals surface area (Å²) in [6.07, 6.45) is 11.1. The minimum Gasteiger partial charge on any atom is -0.243 e. The predicted octanol–water partition coefficient (Wildman–Crippen LogP) is 4.10. The first-order valence-corrected chi connectivity index (χ1v) is 17.4. The van der Waals surface area contributed by atoms with E-state index in [0.29, 0.717) is 0 Å². The molecule has 16 saturated carbocycles. The van der Waals surface area contributed by atoms with E-state index in [1.165, 1.54) is 76.3 Å². The lowest BCUT2D eigenvalue weighted by atomic mass is 8.58. The third kappa shape index (κ3) is 0.377. The molecule has 0 N–H and O–H groups in total. The topological polar surface area (TPSA) is 0 Å². The second-order valence-corrected chi connectivity index (χ2v) is 22.5. The van der Waals surface area contributed by atoms with Crippen molar-refractivity contribution >= 4 is 10.0 Å². The summed E-state index contributed by atoms with van der Waals surface area (Å²) >= 11 is 0. The molecule has 1 aliphatic heterocycles. The minimum absolute atomic E-state index is 0.361. The lowest BCUT2D eigenvalue weighted by Crippen LogP contribution is -3.44. The molecule has 1 saturated heterocycles. The summed E-state index contributed by atoms with van der Waals surface area (Å²) in [4.78, 5) is 0. The first kappa shape index (κ1) is 12.9. The fourth-order valence-electron chi connectivity index (χ4n) is 26.6. The van der Waals surface area contributed by atoms with Crippen LogP contribution < -0.4 is 0 Å². The van der Waals surface area contributed by atoms with Crippen molar-refractivity contribution in [2.75, 3.05) is 18.3 Å². The molecular weight excluding hydrogens is 392 g/mol. The Bertz CT molecular complexity index is 1480. The van der Waals surface area contributed by atoms with Gasteiger partial charge in [0, 0.05) is 5.41 Å². The van der Waals surface area contributed by atoms with E-state index in [0.717, 1.165) is 54.1 Å². The number of rotatable bonds is 0. The van der Waals surface area contributed by atoms with Crippen molar-refractivity contribution < 1.29 is 0 Å². The van der Waals surface area contributed by atoms with Gasteiger partial charge in [-0.3, -0.25) is 0 Å². The van der Waals surface area contributed by atoms with Crippen LogP contribution in [0.2, 0.25) is 0 Å². The zero-order valence-corrected chi connectivity index (χ0v) is 19.6. The van der Waals surface area contributed by atoms with Crippen LogP contribution >= 0.6 is 10.0 Å². The molecule has 0 bridgehead atoms. The highest BCUT2D eigenvalue weighted by molar-refractivity contribution is 8.33. The Morgan fingerprint density at radius 2 is 1.03 bits per heavy atom. The van der Waals surface area contributed by atoms with Crippen LogP contribution in [0, 0.1) is 125 Å². The summed E-state index contributed by atoms with van der Waals surface area (Å²) in [5, 5.41) is 1.29. The summed E-state index contributed by atoms with van der Waals surface area (Å²) in [6.45, 7) is 3.02. The van der Waals surface area contributed by atoms with Crippen molar-refractivity contribution in [2.45, 2.75) is 31.4 Å². The summed E-state index contributed by atoms with van der Waals surface area (Å²) in [7, 11) is -0.361. The van der Waals surface area contributed by atoms with E-state index < -0.39 is 0 Å². The molecule has 23 unspecified atom stereocenters. The highest BCUT2D eigenvalue weighted by Crippen LogP contribution is 3.47. The van der Waals surface area contributed by atoms with Crippen molar-refractivity contribution in [2.24, 2.45) is 125 Å². The molecule has 0 aromatic carbocycles. The molecule has 17 fully saturated rings. The maximum absolute atomic E-state index is 3.02. The Kier molecular flexibility index (Phi) is 0.908. The zero-order valence-electron chi connectivity index (χ0n) is 18.7. The van der Waals surface area contributed by atoms with Gasteiger partial charge in [0.25, 0.3) is 0 Å². The predicted molar refractivity (Wildman–Crippen MR) is 114 cm³/mol. The van der Waals surface area contributed by atoms with Crippen LogP contribution in [-0.2, 0) is 0 Å². The van der Waals surface area contributed by atoms with Gasteiger partial charge in [0.2, 0.25) is 0 Å². The van der Waals surface area contributed by atoms with Gasteiger partial charge in [-0.25, -0.2) is 10.0 Å². The van der Waals surface area contributed by atoms with Gasteiger partial charge in [-0.05, 0) is 163 Å². The second kappa shape index (κ2) is 2.19. The van der Waals surface area contributed by atoms with Crippen LogP contribution in [0.15, 0.2) is 0 Å². The van der Waals surface area contributed by atoms with Gasteiger partial charge in [0.1, 0.15) is 0 Å². The Balaban J connectivity index is 1.12. The highest BCUT2D eigenvalue weighted by Gasteiger charge is 3.45. The van der Waals surface area contributed by atoms with Crippen molar-refractivity contribution in [3.63, 3.8) is 0 Å². The molecule has 17 rings (SSSR count). The number of hydrogen-bond donors (Lipinski definition) is 0. The molecule has 23 atom stereocenters. The van der Waals surface area contributed by atoms with Crippen LogP contribution in [0.5, 0.6) is 0 Å². The maximum Gasteiger partial charge on any atom is 0.00146 e. The Morgan fingerprint density at radius 3 is 1.71 bits per heavy atom. The Labute approximate surface area is 184 Å². The summed E-state index contributed by atoms with van der Waals surface area (Å²) in [5.41, 5.74) is 10.3. The molecule has 0 nitrogen and oxygen atoms in total. The van der Waals surface area contributed by atoms with Gasteiger partial charge in [0.05, 0.1) is 0 Å². The van der Waals surface area contributed by atoms with Crippen molar-refractivity contribution in [1.82, 2.24) is 0 Å². The van der Waals surface area contributed by atoms with E-state index in [9.17, 15) is 0 Å². The first-order valence-electron chi connectivity index (χ1n) is 14.7. The molecule has 16 aliphatic carbocycles. The maximum atomic E-state index is 3.02. The van der Waals surface area contributed by atoms with Crippen LogP contribution in [0.1, 0.15) is 26.2 Å². The molecule has 0 aromatic rings. The van der Waals surface area contributed by atoms with E-state index in [4.69, 9.17) is 0 Å². The summed E-state index contributed by atoms with van der Waals surface area (Å²) < 4.78 is 0. The molecule has 31 heavy (non-hydrogen) atoms. The SMILES string of the molecule is CC12C3CS(C)(C)C4C5C6C7CC8C9CC%10C%11C%12C%13C%14CC3C%141C%131C42C52C63C87C9%10C%113C%1212. The monoisotopic (exact) mass is 422 g/mol. The quantitative estimate of drug-likeness (QED) is 0.551. The third-order valence-electron chi connectivity index (χ3n) is 22.4. The average molecular weight is 423 g/mol. The normalized spacial score (nSPS) is 115. The molecule has 9 spiro atoms. The zero-order chi connectivity index (χ0) is 18.8. The van der Waals surface area contributed by atoms with E-state index in [1.54, 1.807) is 25.0 Å². The van der Waals surface area contributed by atoms with Gasteiger partial charge in [0.15, 0.2) is 0 Å². The van der Waals surface area contributed by atoms with Crippen LogP contribution in [0.3, 0.4) is 0 Å². The largest absolute Gasteiger partial charge is 0.243 e. The van der Waals surface area contributed by atoms with E-state index in [1.807, 2.05) is 0 Å². The molecule has 0 radical (unpaired) electrons. The fourth-order valence-corrected chi connectivity index (χ4v) is 31.0. The standard InChI is InChI=1S/C30H30S/c1-21-14-7-31(2,3)20-19-17-13-5-9-8-4-12-16-18-15-11-6-10(14)22(11,21)25(15)28(18)26(16)23(8,12)24(9,13)27(17,26)29(19,28)30(20,21)25/h8-20H,4-7H2,1-3H3. The fraction of sp³-hybridized carbons (Fsp3) is 1.00. The molecule has 156 valence electrons. The van der Waals surface area contributed by atoms with Gasteiger partial charge >= 0.3 is 0 Å². The van der Waals surface area contributed by atoms with E-state index >= 15 is 0 Å². The summed E-state index contributed by atoms with van der Waals surface area (Å²) in [5.74, 6) is 17.4. The Hall–Kier alpha value is 0.350.